The quantitative estimate of drug-likeness (QED) is 0.751. The van der Waals surface area contributed by atoms with Gasteiger partial charge in [-0.1, -0.05) is 0 Å². The largest absolute Gasteiger partial charge is 0.462 e. The number of ether oxygens (including phenoxy) is 1. The SMILES string of the molecule is CCOC(=O)c1ccc(NC(=O)[C@@H](N)CCSC)cc1. The minimum absolute atomic E-state index is 0.220. The van der Waals surface area contributed by atoms with Gasteiger partial charge in [0.15, 0.2) is 0 Å². The van der Waals surface area contributed by atoms with Crippen molar-refractivity contribution >= 4 is 29.3 Å². The van der Waals surface area contributed by atoms with Crippen molar-refractivity contribution in [3.05, 3.63) is 29.8 Å². The number of nitrogens with one attached hydrogen (secondary N) is 1. The molecule has 0 aliphatic carbocycles. The molecule has 0 aliphatic rings. The van der Waals surface area contributed by atoms with Gasteiger partial charge in [-0.15, -0.1) is 0 Å². The predicted molar refractivity (Wildman–Crippen MR) is 82.0 cm³/mol. The molecule has 20 heavy (non-hydrogen) atoms. The minimum Gasteiger partial charge on any atom is -0.462 e. The molecular formula is C14H20N2O3S. The molecule has 0 spiro atoms. The number of rotatable bonds is 7. The standard InChI is InChI=1S/C14H20N2O3S/c1-3-19-14(18)10-4-6-11(7-5-10)16-13(17)12(15)8-9-20-2/h4-7,12H,3,8-9,15H2,1-2H3,(H,16,17)/t12-/m0/s1. The second-order valence-corrected chi connectivity index (χ2v) is 5.16. The second kappa shape index (κ2) is 8.60. The van der Waals surface area contributed by atoms with Crippen molar-refractivity contribution in [3.8, 4) is 0 Å². The van der Waals surface area contributed by atoms with Crippen molar-refractivity contribution in [2.45, 2.75) is 19.4 Å². The number of carbonyl (C=O) groups is 2. The van der Waals surface area contributed by atoms with Crippen LogP contribution in [0.1, 0.15) is 23.7 Å². The molecule has 1 rings (SSSR count). The number of anilines is 1. The van der Waals surface area contributed by atoms with E-state index in [0.717, 1.165) is 5.75 Å². The Balaban J connectivity index is 2.56. The van der Waals surface area contributed by atoms with Crippen LogP contribution in [0.15, 0.2) is 24.3 Å². The Morgan fingerprint density at radius 1 is 1.35 bits per heavy atom. The lowest BCUT2D eigenvalue weighted by atomic mass is 10.2. The summed E-state index contributed by atoms with van der Waals surface area (Å²) in [6, 6.07) is 6.02. The van der Waals surface area contributed by atoms with Gasteiger partial charge in [0.2, 0.25) is 5.91 Å². The lowest BCUT2D eigenvalue weighted by Gasteiger charge is -2.11. The smallest absolute Gasteiger partial charge is 0.338 e. The van der Waals surface area contributed by atoms with Gasteiger partial charge >= 0.3 is 5.97 Å². The van der Waals surface area contributed by atoms with Crippen LogP contribution in [0.3, 0.4) is 0 Å². The Labute approximate surface area is 123 Å². The monoisotopic (exact) mass is 296 g/mol. The first-order chi connectivity index (χ1) is 9.58. The molecule has 1 amide bonds. The fourth-order valence-corrected chi connectivity index (χ4v) is 2.00. The van der Waals surface area contributed by atoms with Crippen LogP contribution in [0.4, 0.5) is 5.69 Å². The van der Waals surface area contributed by atoms with E-state index >= 15 is 0 Å². The zero-order valence-electron chi connectivity index (χ0n) is 11.7. The third kappa shape index (κ3) is 5.22. The molecule has 110 valence electrons. The molecule has 0 bridgehead atoms. The molecule has 1 atom stereocenters. The van der Waals surface area contributed by atoms with Crippen LogP contribution in [0.2, 0.25) is 0 Å². The average Bonchev–Trinajstić information content (AvgIpc) is 2.45. The molecule has 1 aromatic rings. The predicted octanol–water partition coefficient (Wildman–Crippen LogP) is 1.88. The Bertz CT molecular complexity index is 448. The summed E-state index contributed by atoms with van der Waals surface area (Å²) in [6.45, 7) is 2.09. The summed E-state index contributed by atoms with van der Waals surface area (Å²) in [6.07, 6.45) is 2.60. The number of nitrogens with two attached hydrogens (primary N) is 1. The van der Waals surface area contributed by atoms with Crippen LogP contribution in [0.25, 0.3) is 0 Å². The number of hydrogen-bond acceptors (Lipinski definition) is 5. The van der Waals surface area contributed by atoms with E-state index in [1.54, 1.807) is 43.0 Å². The molecule has 0 aromatic heterocycles. The third-order valence-corrected chi connectivity index (χ3v) is 3.28. The van der Waals surface area contributed by atoms with E-state index in [1.807, 2.05) is 6.26 Å². The fourth-order valence-electron chi connectivity index (χ4n) is 1.51. The maximum absolute atomic E-state index is 11.8. The fraction of sp³-hybridized carbons (Fsp3) is 0.429. The summed E-state index contributed by atoms with van der Waals surface area (Å²) in [5.74, 6) is 0.251. The van der Waals surface area contributed by atoms with E-state index in [9.17, 15) is 9.59 Å². The Hall–Kier alpha value is -1.53. The van der Waals surface area contributed by atoms with E-state index in [2.05, 4.69) is 5.32 Å². The maximum Gasteiger partial charge on any atom is 0.338 e. The molecular weight excluding hydrogens is 276 g/mol. The van der Waals surface area contributed by atoms with Gasteiger partial charge in [0.05, 0.1) is 18.2 Å². The van der Waals surface area contributed by atoms with Crippen molar-refractivity contribution in [1.82, 2.24) is 0 Å². The average molecular weight is 296 g/mol. The summed E-state index contributed by atoms with van der Waals surface area (Å²) in [5, 5.41) is 2.72. The molecule has 5 nitrogen and oxygen atoms in total. The normalized spacial score (nSPS) is 11.8. The second-order valence-electron chi connectivity index (χ2n) is 4.18. The topological polar surface area (TPSA) is 81.4 Å². The van der Waals surface area contributed by atoms with Crippen molar-refractivity contribution in [1.29, 1.82) is 0 Å². The summed E-state index contributed by atoms with van der Waals surface area (Å²) < 4.78 is 4.88. The van der Waals surface area contributed by atoms with E-state index < -0.39 is 6.04 Å². The van der Waals surface area contributed by atoms with Crippen LogP contribution in [0.5, 0.6) is 0 Å². The summed E-state index contributed by atoms with van der Waals surface area (Å²) in [4.78, 5) is 23.3. The van der Waals surface area contributed by atoms with Gasteiger partial charge in [0, 0.05) is 5.69 Å². The molecule has 0 radical (unpaired) electrons. The molecule has 0 heterocycles. The number of carbonyl (C=O) groups excluding carboxylic acids is 2. The summed E-state index contributed by atoms with van der Waals surface area (Å²) >= 11 is 1.65. The lowest BCUT2D eigenvalue weighted by Crippen LogP contribution is -2.36. The van der Waals surface area contributed by atoms with Crippen LogP contribution in [-0.4, -0.2) is 36.5 Å². The first-order valence-corrected chi connectivity index (χ1v) is 7.80. The van der Waals surface area contributed by atoms with Gasteiger partial charge in [-0.3, -0.25) is 4.79 Å². The molecule has 6 heteroatoms. The van der Waals surface area contributed by atoms with Gasteiger partial charge in [-0.2, -0.15) is 11.8 Å². The molecule has 0 unspecified atom stereocenters. The lowest BCUT2D eigenvalue weighted by molar-refractivity contribution is -0.117. The van der Waals surface area contributed by atoms with Crippen molar-refractivity contribution < 1.29 is 14.3 Å². The zero-order valence-corrected chi connectivity index (χ0v) is 12.5. The minimum atomic E-state index is -0.521. The zero-order chi connectivity index (χ0) is 15.0. The van der Waals surface area contributed by atoms with Crippen LogP contribution in [0, 0.1) is 0 Å². The number of amides is 1. The van der Waals surface area contributed by atoms with E-state index in [1.165, 1.54) is 0 Å². The Morgan fingerprint density at radius 2 is 2.00 bits per heavy atom. The number of esters is 1. The van der Waals surface area contributed by atoms with E-state index in [-0.39, 0.29) is 11.9 Å². The van der Waals surface area contributed by atoms with E-state index in [4.69, 9.17) is 10.5 Å². The summed E-state index contributed by atoms with van der Waals surface area (Å²) in [7, 11) is 0. The Kier molecular flexibility index (Phi) is 7.11. The van der Waals surface area contributed by atoms with Crippen molar-refractivity contribution in [2.75, 3.05) is 23.9 Å². The molecule has 0 fully saturated rings. The first-order valence-electron chi connectivity index (χ1n) is 6.41. The van der Waals surface area contributed by atoms with E-state index in [0.29, 0.717) is 24.3 Å². The molecule has 0 saturated heterocycles. The van der Waals surface area contributed by atoms with Gasteiger partial charge in [-0.05, 0) is 49.6 Å². The van der Waals surface area contributed by atoms with Crippen LogP contribution >= 0.6 is 11.8 Å². The van der Waals surface area contributed by atoms with Crippen molar-refractivity contribution in [3.63, 3.8) is 0 Å². The molecule has 0 aliphatic heterocycles. The number of benzene rings is 1. The highest BCUT2D eigenvalue weighted by Gasteiger charge is 2.13. The molecule has 0 saturated carbocycles. The van der Waals surface area contributed by atoms with Crippen LogP contribution < -0.4 is 11.1 Å². The highest BCUT2D eigenvalue weighted by atomic mass is 32.2. The highest BCUT2D eigenvalue weighted by Crippen LogP contribution is 2.11. The van der Waals surface area contributed by atoms with Crippen molar-refractivity contribution in [2.24, 2.45) is 5.73 Å². The van der Waals surface area contributed by atoms with Crippen LogP contribution in [-0.2, 0) is 9.53 Å². The molecule has 1 aromatic carbocycles. The number of hydrogen-bond donors (Lipinski definition) is 2. The van der Waals surface area contributed by atoms with Gasteiger partial charge in [0.25, 0.3) is 0 Å². The van der Waals surface area contributed by atoms with Gasteiger partial charge in [-0.25, -0.2) is 4.79 Å². The van der Waals surface area contributed by atoms with Gasteiger partial charge < -0.3 is 15.8 Å². The summed E-state index contributed by atoms with van der Waals surface area (Å²) in [5.41, 5.74) is 6.84. The highest BCUT2D eigenvalue weighted by molar-refractivity contribution is 7.98. The van der Waals surface area contributed by atoms with Gasteiger partial charge in [0.1, 0.15) is 0 Å². The third-order valence-electron chi connectivity index (χ3n) is 2.63. The number of thioether (sulfide) groups is 1. The molecule has 3 N–H and O–H groups in total. The Morgan fingerprint density at radius 3 is 2.55 bits per heavy atom. The maximum atomic E-state index is 11.8. The first kappa shape index (κ1) is 16.5.